The van der Waals surface area contributed by atoms with E-state index in [0.717, 1.165) is 5.56 Å². The van der Waals surface area contributed by atoms with Gasteiger partial charge in [0.2, 0.25) is 0 Å². The third-order valence-electron chi connectivity index (χ3n) is 3.96. The van der Waals surface area contributed by atoms with Crippen molar-refractivity contribution in [2.45, 2.75) is 18.4 Å². The van der Waals surface area contributed by atoms with Crippen LogP contribution in [-0.2, 0) is 21.3 Å². The Morgan fingerprint density at radius 1 is 1.14 bits per heavy atom. The average Bonchev–Trinajstić information content (AvgIpc) is 3.06. The fourth-order valence-corrected chi connectivity index (χ4v) is 3.97. The van der Waals surface area contributed by atoms with Crippen molar-refractivity contribution >= 4 is 45.0 Å². The van der Waals surface area contributed by atoms with Gasteiger partial charge < -0.3 is 9.30 Å². The van der Waals surface area contributed by atoms with Crippen LogP contribution in [0.3, 0.4) is 0 Å². The molecule has 3 aromatic rings. The van der Waals surface area contributed by atoms with Crippen molar-refractivity contribution in [3.63, 3.8) is 0 Å². The van der Waals surface area contributed by atoms with Gasteiger partial charge in [-0.05, 0) is 42.8 Å². The predicted octanol–water partition coefficient (Wildman–Crippen LogP) is 4.22. The third-order valence-corrected chi connectivity index (χ3v) is 5.94. The Bertz CT molecular complexity index is 1130. The molecule has 0 atom stereocenters. The number of benzene rings is 2. The maximum atomic E-state index is 12.8. The molecular weight excluding hydrogens is 437 g/mol. The Morgan fingerprint density at radius 2 is 1.83 bits per heavy atom. The Kier molecular flexibility index (Phi) is 6.46. The molecule has 7 nitrogen and oxygen atoms in total. The first-order valence-corrected chi connectivity index (χ1v) is 10.8. The molecule has 0 amide bonds. The van der Waals surface area contributed by atoms with Crippen molar-refractivity contribution in [2.75, 3.05) is 11.3 Å². The number of rotatable bonds is 7. The molecule has 0 spiro atoms. The second-order valence-corrected chi connectivity index (χ2v) is 8.47. The molecule has 29 heavy (non-hydrogen) atoms. The summed E-state index contributed by atoms with van der Waals surface area (Å²) in [5.41, 5.74) is 0.588. The summed E-state index contributed by atoms with van der Waals surface area (Å²) in [5, 5.41) is 0.908. The number of imidazole rings is 1. The zero-order valence-corrected chi connectivity index (χ0v) is 17.6. The quantitative estimate of drug-likeness (QED) is 0.540. The van der Waals surface area contributed by atoms with Gasteiger partial charge in [-0.3, -0.25) is 4.72 Å². The van der Waals surface area contributed by atoms with Crippen LogP contribution in [0.5, 0.6) is 0 Å². The van der Waals surface area contributed by atoms with Crippen molar-refractivity contribution in [1.29, 1.82) is 0 Å². The fraction of sp³-hybridized carbons (Fsp3) is 0.158. The van der Waals surface area contributed by atoms with Gasteiger partial charge >= 0.3 is 5.97 Å². The number of halogens is 2. The average molecular weight is 454 g/mol. The zero-order chi connectivity index (χ0) is 21.0. The van der Waals surface area contributed by atoms with Gasteiger partial charge in [-0.1, -0.05) is 41.4 Å². The van der Waals surface area contributed by atoms with E-state index in [0.29, 0.717) is 10.0 Å². The highest BCUT2D eigenvalue weighted by Crippen LogP contribution is 2.24. The number of hydrogen-bond donors (Lipinski definition) is 1. The fourth-order valence-electron chi connectivity index (χ4n) is 2.57. The standard InChI is InChI=1S/C19H17Cl2N3O4S/c1-2-28-19(25)17-18(23-29(26,27)15-9-7-14(20)8-10-15)24(12-22-17)11-13-5-3-4-6-16(13)21/h3-10,12,23H,2,11H2,1H3. The summed E-state index contributed by atoms with van der Waals surface area (Å²) in [6.07, 6.45) is 1.36. The minimum atomic E-state index is -4.01. The maximum Gasteiger partial charge on any atom is 0.360 e. The highest BCUT2D eigenvalue weighted by molar-refractivity contribution is 7.92. The molecular formula is C19H17Cl2N3O4S. The first-order chi connectivity index (χ1) is 13.8. The summed E-state index contributed by atoms with van der Waals surface area (Å²) in [5.74, 6) is -0.752. The summed E-state index contributed by atoms with van der Waals surface area (Å²) in [6, 6.07) is 12.8. The van der Waals surface area contributed by atoms with Crippen LogP contribution in [-0.4, -0.2) is 30.5 Å². The molecule has 1 heterocycles. The highest BCUT2D eigenvalue weighted by atomic mass is 35.5. The van der Waals surface area contributed by atoms with Gasteiger partial charge in [-0.25, -0.2) is 18.2 Å². The lowest BCUT2D eigenvalue weighted by Gasteiger charge is -2.13. The molecule has 0 unspecified atom stereocenters. The van der Waals surface area contributed by atoms with E-state index in [-0.39, 0.29) is 29.6 Å². The number of hydrogen-bond acceptors (Lipinski definition) is 5. The number of carbonyl (C=O) groups excluding carboxylic acids is 1. The van der Waals surface area contributed by atoms with E-state index < -0.39 is 16.0 Å². The Labute approximate surface area is 178 Å². The minimum absolute atomic E-state index is 0.0118. The van der Waals surface area contributed by atoms with Gasteiger partial charge in [-0.2, -0.15) is 0 Å². The van der Waals surface area contributed by atoms with E-state index in [1.165, 1.54) is 35.2 Å². The van der Waals surface area contributed by atoms with Crippen molar-refractivity contribution in [3.8, 4) is 0 Å². The lowest BCUT2D eigenvalue weighted by Crippen LogP contribution is -2.19. The smallest absolute Gasteiger partial charge is 0.360 e. The number of sulfonamides is 1. The minimum Gasteiger partial charge on any atom is -0.461 e. The normalized spacial score (nSPS) is 11.3. The molecule has 1 N–H and O–H groups in total. The molecule has 152 valence electrons. The third kappa shape index (κ3) is 4.90. The van der Waals surface area contributed by atoms with Crippen LogP contribution < -0.4 is 4.72 Å². The summed E-state index contributed by atoms with van der Waals surface area (Å²) in [7, 11) is -4.01. The molecule has 0 bridgehead atoms. The highest BCUT2D eigenvalue weighted by Gasteiger charge is 2.25. The van der Waals surface area contributed by atoms with Gasteiger partial charge in [0.15, 0.2) is 11.5 Å². The van der Waals surface area contributed by atoms with Gasteiger partial charge in [-0.15, -0.1) is 0 Å². The number of ether oxygens (including phenoxy) is 1. The second kappa shape index (κ2) is 8.86. The number of nitrogens with one attached hydrogen (secondary N) is 1. The molecule has 0 radical (unpaired) electrons. The van der Waals surface area contributed by atoms with Crippen LogP contribution >= 0.6 is 23.2 Å². The maximum absolute atomic E-state index is 12.8. The van der Waals surface area contributed by atoms with Crippen LogP contribution in [0.2, 0.25) is 10.0 Å². The molecule has 2 aromatic carbocycles. The Hall–Kier alpha value is -2.55. The van der Waals surface area contributed by atoms with Gasteiger partial charge in [0.25, 0.3) is 10.0 Å². The summed E-state index contributed by atoms with van der Waals surface area (Å²) in [6.45, 7) is 1.97. The molecule has 0 aliphatic carbocycles. The molecule has 0 fully saturated rings. The van der Waals surface area contributed by atoms with Crippen LogP contribution in [0.25, 0.3) is 0 Å². The summed E-state index contributed by atoms with van der Waals surface area (Å²) < 4.78 is 34.6. The van der Waals surface area contributed by atoms with Gasteiger partial charge in [0.1, 0.15) is 0 Å². The molecule has 0 saturated carbocycles. The van der Waals surface area contributed by atoms with Gasteiger partial charge in [0.05, 0.1) is 24.4 Å². The first kappa shape index (κ1) is 21.2. The van der Waals surface area contributed by atoms with E-state index in [1.54, 1.807) is 25.1 Å². The summed E-state index contributed by atoms with van der Waals surface area (Å²) in [4.78, 5) is 16.3. The van der Waals surface area contributed by atoms with E-state index in [4.69, 9.17) is 27.9 Å². The molecule has 1 aromatic heterocycles. The van der Waals surface area contributed by atoms with E-state index >= 15 is 0 Å². The second-order valence-electron chi connectivity index (χ2n) is 5.94. The predicted molar refractivity (Wildman–Crippen MR) is 111 cm³/mol. The number of esters is 1. The van der Waals surface area contributed by atoms with Gasteiger partial charge in [0, 0.05) is 10.0 Å². The molecule has 10 heteroatoms. The van der Waals surface area contributed by atoms with Crippen molar-refractivity contribution in [2.24, 2.45) is 0 Å². The lowest BCUT2D eigenvalue weighted by atomic mass is 10.2. The van der Waals surface area contributed by atoms with Crippen molar-refractivity contribution in [3.05, 3.63) is 76.2 Å². The largest absolute Gasteiger partial charge is 0.461 e. The number of aromatic nitrogens is 2. The Balaban J connectivity index is 2.02. The van der Waals surface area contributed by atoms with Crippen LogP contribution in [0.1, 0.15) is 23.0 Å². The Morgan fingerprint density at radius 3 is 2.48 bits per heavy atom. The summed E-state index contributed by atoms with van der Waals surface area (Å²) >= 11 is 12.0. The van der Waals surface area contributed by atoms with Crippen LogP contribution in [0.4, 0.5) is 5.82 Å². The topological polar surface area (TPSA) is 90.3 Å². The molecule has 0 saturated heterocycles. The van der Waals surface area contributed by atoms with Crippen LogP contribution in [0.15, 0.2) is 59.8 Å². The van der Waals surface area contributed by atoms with E-state index in [9.17, 15) is 13.2 Å². The SMILES string of the molecule is CCOC(=O)c1ncn(Cc2ccccc2Cl)c1NS(=O)(=O)c1ccc(Cl)cc1. The number of anilines is 1. The lowest BCUT2D eigenvalue weighted by molar-refractivity contribution is 0.0521. The van der Waals surface area contributed by atoms with Crippen molar-refractivity contribution < 1.29 is 17.9 Å². The van der Waals surface area contributed by atoms with E-state index in [1.807, 2.05) is 6.07 Å². The molecule has 0 aliphatic heterocycles. The van der Waals surface area contributed by atoms with Crippen molar-refractivity contribution in [1.82, 2.24) is 9.55 Å². The first-order valence-electron chi connectivity index (χ1n) is 8.56. The monoisotopic (exact) mass is 453 g/mol. The molecule has 3 rings (SSSR count). The van der Waals surface area contributed by atoms with Crippen LogP contribution in [0, 0.1) is 0 Å². The van der Waals surface area contributed by atoms with E-state index in [2.05, 4.69) is 9.71 Å². The zero-order valence-electron chi connectivity index (χ0n) is 15.3. The molecule has 0 aliphatic rings. The number of nitrogens with zero attached hydrogens (tertiary/aromatic N) is 2. The number of carbonyl (C=O) groups is 1.